The van der Waals surface area contributed by atoms with E-state index in [1.54, 1.807) is 60.8 Å². The second-order valence-corrected chi connectivity index (χ2v) is 16.9. The van der Waals surface area contributed by atoms with Gasteiger partial charge in [-0.1, -0.05) is 70.6 Å². The van der Waals surface area contributed by atoms with Gasteiger partial charge in [-0.25, -0.2) is 4.79 Å². The number of methoxy groups -OCH3 is 5. The van der Waals surface area contributed by atoms with E-state index >= 15 is 0 Å². The van der Waals surface area contributed by atoms with Gasteiger partial charge >= 0.3 is 5.97 Å². The van der Waals surface area contributed by atoms with Gasteiger partial charge in [0, 0.05) is 110 Å². The second kappa shape index (κ2) is 27.3. The van der Waals surface area contributed by atoms with Crippen LogP contribution in [0.5, 0.6) is 0 Å². The lowest BCUT2D eigenvalue weighted by Gasteiger charge is -2.39. The van der Waals surface area contributed by atoms with Gasteiger partial charge in [0.1, 0.15) is 11.9 Å². The molecule has 0 radical (unpaired) electrons. The Hall–Kier alpha value is -2.79. The number of carbonyl (C=O) groups is 3. The molecule has 2 rings (SSSR count). The number of amides is 1. The number of nitrogens with zero attached hydrogens (tertiary/aromatic N) is 1. The van der Waals surface area contributed by atoms with Crippen molar-refractivity contribution in [2.24, 2.45) is 35.5 Å². The monoisotopic (exact) mass is 852 g/mol. The van der Waals surface area contributed by atoms with Crippen molar-refractivity contribution in [2.75, 3.05) is 49.2 Å². The van der Waals surface area contributed by atoms with Crippen molar-refractivity contribution in [3.8, 4) is 0 Å². The van der Waals surface area contributed by atoms with E-state index in [1.807, 2.05) is 46.8 Å². The maximum atomic E-state index is 13.6. The molecule has 344 valence electrons. The van der Waals surface area contributed by atoms with E-state index in [2.05, 4.69) is 6.08 Å². The number of cyclic esters (lactones) is 1. The largest absolute Gasteiger partial charge is 0.458 e. The molecule has 0 aliphatic carbocycles. The zero-order valence-electron chi connectivity index (χ0n) is 38.2. The van der Waals surface area contributed by atoms with Gasteiger partial charge in [-0.3, -0.25) is 9.59 Å². The Bertz CT molecular complexity index is 1400. The number of rotatable bonds is 18. The van der Waals surface area contributed by atoms with E-state index in [1.165, 1.54) is 18.1 Å². The number of carbonyl (C=O) groups excluding carboxylic acids is 3. The molecule has 60 heavy (non-hydrogen) atoms. The summed E-state index contributed by atoms with van der Waals surface area (Å²) in [7, 11) is 9.47. The molecule has 0 aromatic carbocycles. The molecule has 16 atom stereocenters. The molecule has 2 heterocycles. The predicted octanol–water partition coefficient (Wildman–Crippen LogP) is 4.84. The molecule has 0 aromatic rings. The molecule has 0 fully saturated rings. The maximum Gasteiger partial charge on any atom is 0.331 e. The fourth-order valence-electron chi connectivity index (χ4n) is 8.66. The van der Waals surface area contributed by atoms with E-state index in [4.69, 9.17) is 33.2 Å². The highest BCUT2D eigenvalue weighted by atomic mass is 16.6. The fraction of sp³-hybridized carbons (Fsp3) is 0.761. The maximum absolute atomic E-state index is 13.6. The molecule has 0 saturated carbocycles. The van der Waals surface area contributed by atoms with Crippen molar-refractivity contribution in [3.63, 3.8) is 0 Å². The minimum absolute atomic E-state index is 0.0143. The number of ether oxygens (including phenoxy) is 7. The van der Waals surface area contributed by atoms with Crippen molar-refractivity contribution in [1.82, 2.24) is 4.90 Å². The van der Waals surface area contributed by atoms with Crippen LogP contribution in [0.3, 0.4) is 0 Å². The van der Waals surface area contributed by atoms with Crippen LogP contribution in [-0.2, 0) is 47.5 Å². The van der Waals surface area contributed by atoms with Crippen LogP contribution in [0.15, 0.2) is 48.2 Å². The number of hydrogen-bond donors (Lipinski definition) is 3. The van der Waals surface area contributed by atoms with E-state index < -0.39 is 78.5 Å². The Morgan fingerprint density at radius 1 is 0.967 bits per heavy atom. The first-order valence-electron chi connectivity index (χ1n) is 21.4. The summed E-state index contributed by atoms with van der Waals surface area (Å²) < 4.78 is 42.1. The molecule has 3 N–H and O–H groups in total. The smallest absolute Gasteiger partial charge is 0.331 e. The van der Waals surface area contributed by atoms with Gasteiger partial charge in [0.2, 0.25) is 6.41 Å². The van der Waals surface area contributed by atoms with E-state index in [0.29, 0.717) is 44.1 Å². The molecule has 1 amide bonds. The number of Topliss-reactive ketones (excluding diaryl/α,β-unsaturated/α-hetero) is 1. The fourth-order valence-corrected chi connectivity index (χ4v) is 8.66. The Labute approximate surface area is 359 Å². The lowest BCUT2D eigenvalue weighted by molar-refractivity contribution is -0.159. The number of ketones is 1. The lowest BCUT2D eigenvalue weighted by Crippen LogP contribution is -2.47. The molecular formula is C46H77NO13. The summed E-state index contributed by atoms with van der Waals surface area (Å²) in [6.45, 7) is 10.9. The summed E-state index contributed by atoms with van der Waals surface area (Å²) in [6, 6.07) is 0. The highest BCUT2D eigenvalue weighted by Crippen LogP contribution is 2.34. The highest BCUT2D eigenvalue weighted by molar-refractivity contribution is 5.82. The molecule has 14 nitrogen and oxygen atoms in total. The van der Waals surface area contributed by atoms with Gasteiger partial charge in [-0.05, 0) is 25.7 Å². The number of aliphatic hydroxyl groups is 3. The summed E-state index contributed by atoms with van der Waals surface area (Å²) in [5.41, 5.74) is 0.615. The first kappa shape index (κ1) is 53.3. The molecule has 16 unspecified atom stereocenters. The summed E-state index contributed by atoms with van der Waals surface area (Å²) >= 11 is 0. The second-order valence-electron chi connectivity index (χ2n) is 16.9. The van der Waals surface area contributed by atoms with E-state index in [-0.39, 0.29) is 42.9 Å². The molecule has 2 bridgehead atoms. The van der Waals surface area contributed by atoms with Gasteiger partial charge < -0.3 is 53.4 Å². The van der Waals surface area contributed by atoms with Gasteiger partial charge in [0.25, 0.3) is 0 Å². The van der Waals surface area contributed by atoms with E-state index in [0.717, 1.165) is 0 Å². The molecule has 14 heteroatoms. The third-order valence-electron chi connectivity index (χ3n) is 12.6. The van der Waals surface area contributed by atoms with Gasteiger partial charge in [0.15, 0.2) is 0 Å². The summed E-state index contributed by atoms with van der Waals surface area (Å²) in [5.74, 6) is -3.15. The van der Waals surface area contributed by atoms with Crippen LogP contribution in [0.25, 0.3) is 0 Å². The number of fused-ring (bicyclic) bond motifs is 2. The van der Waals surface area contributed by atoms with Crippen molar-refractivity contribution in [3.05, 3.63) is 48.2 Å². The third kappa shape index (κ3) is 16.2. The Balaban J connectivity index is 2.45. The molecule has 2 aliphatic rings. The van der Waals surface area contributed by atoms with E-state index in [9.17, 15) is 29.7 Å². The first-order chi connectivity index (χ1) is 28.5. The van der Waals surface area contributed by atoms with Gasteiger partial charge in [-0.2, -0.15) is 0 Å². The van der Waals surface area contributed by atoms with Crippen LogP contribution in [-0.4, -0.2) is 149 Å². The van der Waals surface area contributed by atoms with Crippen molar-refractivity contribution < 1.29 is 62.9 Å². The molecule has 0 aromatic heterocycles. The van der Waals surface area contributed by atoms with Gasteiger partial charge in [0.05, 0.1) is 61.5 Å². The Morgan fingerprint density at radius 2 is 1.60 bits per heavy atom. The van der Waals surface area contributed by atoms with Crippen LogP contribution < -0.4 is 0 Å². The number of allylic oxidation sites excluding steroid dienone is 2. The Kier molecular flexibility index (Phi) is 24.3. The quantitative estimate of drug-likeness (QED) is 0.0971. The van der Waals surface area contributed by atoms with Crippen LogP contribution in [0.2, 0.25) is 0 Å². The topological polar surface area (TPSA) is 180 Å². The van der Waals surface area contributed by atoms with Crippen molar-refractivity contribution >= 4 is 18.2 Å². The average Bonchev–Trinajstić information content (AvgIpc) is 3.24. The first-order valence-corrected chi connectivity index (χ1v) is 21.4. The van der Waals surface area contributed by atoms with Gasteiger partial charge in [-0.15, -0.1) is 0 Å². The number of hydrogen-bond acceptors (Lipinski definition) is 13. The summed E-state index contributed by atoms with van der Waals surface area (Å²) in [5, 5.41) is 33.8. The highest BCUT2D eigenvalue weighted by Gasteiger charge is 2.41. The third-order valence-corrected chi connectivity index (χ3v) is 12.6. The van der Waals surface area contributed by atoms with Crippen molar-refractivity contribution in [2.45, 2.75) is 141 Å². The Morgan fingerprint density at radius 3 is 2.18 bits per heavy atom. The minimum atomic E-state index is -0.996. The summed E-state index contributed by atoms with van der Waals surface area (Å²) in [4.78, 5) is 39.5. The zero-order chi connectivity index (χ0) is 45.1. The van der Waals surface area contributed by atoms with Crippen LogP contribution >= 0.6 is 0 Å². The average molecular weight is 852 g/mol. The normalized spacial score (nSPS) is 31.9. The minimum Gasteiger partial charge on any atom is -0.458 e. The standard InChI is InChI=1S/C46H77NO13/c1-28-16-19-43(52)60-46(33(6)44(53)29(2)17-18-37(50)31(4)45(58-12)30(3)20-21-47(7)27-49)32(5)39(54-8)25-41(56-10)36(26-48)40(55-9)23-34-14-13-15-35(59-34)24-42(57-11)38(51)22-28/h13,15-16,19-22,27,29-36,38-42,44-46,48,51,53H,14,17-18,23-26H2,1-12H3. The molecule has 0 spiro atoms. The zero-order valence-corrected chi connectivity index (χ0v) is 38.2. The number of aliphatic hydroxyl groups excluding tert-OH is 3. The van der Waals surface area contributed by atoms with Crippen LogP contribution in [0.1, 0.15) is 80.1 Å². The predicted molar refractivity (Wildman–Crippen MR) is 229 cm³/mol. The molecule has 2 aliphatic heterocycles. The van der Waals surface area contributed by atoms with Crippen molar-refractivity contribution in [1.29, 1.82) is 0 Å². The SMILES string of the molecule is COC1CC2C=CCC(CC(OC)C(CO)C(OC)CC(OC)C(C)C(C(C)C(O)C(C)CCC(=O)C(C)C(OC)C(C)C=CN(C)C=O)OC(=O)C=CC(C)=CC1O)O2. The molecular weight excluding hydrogens is 774 g/mol. The number of esters is 1. The van der Waals surface area contributed by atoms with Crippen LogP contribution in [0, 0.1) is 35.5 Å². The summed E-state index contributed by atoms with van der Waals surface area (Å²) in [6.07, 6.45) is 9.18. The molecule has 0 saturated heterocycles. The lowest BCUT2D eigenvalue weighted by atomic mass is 9.78. The van der Waals surface area contributed by atoms with Crippen LogP contribution in [0.4, 0.5) is 0 Å².